The van der Waals surface area contributed by atoms with Crippen LogP contribution < -0.4 is 10.2 Å². The third-order valence-electron chi connectivity index (χ3n) is 4.44. The van der Waals surface area contributed by atoms with Crippen LogP contribution in [0.1, 0.15) is 20.8 Å². The SMILES string of the molecule is COC(=O)c1c(-c2cc(B(O)O)ccc2OC(F)(F)F)nn(-c2ccccc2)c1C(=O)OC. The quantitative estimate of drug-likeness (QED) is 0.418. The molecule has 3 rings (SSSR count). The predicted molar refractivity (Wildman–Crippen MR) is 108 cm³/mol. The number of carbonyl (C=O) groups is 2. The topological polar surface area (TPSA) is 120 Å². The Balaban J connectivity index is 2.42. The average molecular weight is 464 g/mol. The van der Waals surface area contributed by atoms with Gasteiger partial charge in [0.05, 0.1) is 19.9 Å². The molecule has 33 heavy (non-hydrogen) atoms. The van der Waals surface area contributed by atoms with E-state index < -0.39 is 53.7 Å². The Hall–Kier alpha value is -3.84. The van der Waals surface area contributed by atoms with Gasteiger partial charge in [0.2, 0.25) is 0 Å². The van der Waals surface area contributed by atoms with E-state index in [1.165, 1.54) is 12.1 Å². The average Bonchev–Trinajstić information content (AvgIpc) is 3.18. The minimum atomic E-state index is -5.12. The Morgan fingerprint density at radius 2 is 1.64 bits per heavy atom. The van der Waals surface area contributed by atoms with Gasteiger partial charge in [-0.15, -0.1) is 13.2 Å². The fourth-order valence-electron chi connectivity index (χ4n) is 3.05. The smallest absolute Gasteiger partial charge is 0.465 e. The Morgan fingerprint density at radius 1 is 1.00 bits per heavy atom. The first-order valence-corrected chi connectivity index (χ1v) is 9.18. The van der Waals surface area contributed by atoms with Crippen LogP contribution in [0.2, 0.25) is 0 Å². The van der Waals surface area contributed by atoms with Gasteiger partial charge < -0.3 is 24.3 Å². The summed E-state index contributed by atoms with van der Waals surface area (Å²) in [5.41, 5.74) is -1.75. The second-order valence-corrected chi connectivity index (χ2v) is 6.48. The molecule has 3 aromatic rings. The molecule has 0 aliphatic carbocycles. The van der Waals surface area contributed by atoms with Gasteiger partial charge in [-0.25, -0.2) is 14.3 Å². The van der Waals surface area contributed by atoms with Crippen LogP contribution in [0.25, 0.3) is 16.9 Å². The van der Waals surface area contributed by atoms with Crippen LogP contribution in [0, 0.1) is 0 Å². The number of nitrogens with zero attached hydrogens (tertiary/aromatic N) is 2. The molecule has 0 saturated carbocycles. The van der Waals surface area contributed by atoms with Gasteiger partial charge in [0.1, 0.15) is 17.0 Å². The Kier molecular flexibility index (Phi) is 6.74. The highest BCUT2D eigenvalue weighted by Gasteiger charge is 2.36. The summed E-state index contributed by atoms with van der Waals surface area (Å²) >= 11 is 0. The normalized spacial score (nSPS) is 11.1. The lowest BCUT2D eigenvalue weighted by Gasteiger charge is -2.14. The number of benzene rings is 2. The van der Waals surface area contributed by atoms with E-state index in [4.69, 9.17) is 9.47 Å². The maximum atomic E-state index is 13.0. The molecule has 0 bridgehead atoms. The predicted octanol–water partition coefficient (Wildman–Crippen LogP) is 1.69. The molecular weight excluding hydrogens is 448 g/mol. The molecule has 2 N–H and O–H groups in total. The van der Waals surface area contributed by atoms with Gasteiger partial charge in [0.15, 0.2) is 5.69 Å². The van der Waals surface area contributed by atoms with Gasteiger partial charge in [-0.05, 0) is 29.7 Å². The van der Waals surface area contributed by atoms with Crippen molar-refractivity contribution in [1.29, 1.82) is 0 Å². The largest absolute Gasteiger partial charge is 0.573 e. The zero-order valence-electron chi connectivity index (χ0n) is 17.2. The van der Waals surface area contributed by atoms with Crippen molar-refractivity contribution in [3.8, 4) is 22.7 Å². The first-order valence-electron chi connectivity index (χ1n) is 9.18. The molecule has 1 aromatic heterocycles. The van der Waals surface area contributed by atoms with Crippen molar-refractivity contribution >= 4 is 24.5 Å². The first-order chi connectivity index (χ1) is 15.6. The van der Waals surface area contributed by atoms with Crippen LogP contribution >= 0.6 is 0 Å². The molecule has 0 amide bonds. The van der Waals surface area contributed by atoms with Crippen LogP contribution in [-0.4, -0.2) is 59.5 Å². The fraction of sp³-hybridized carbons (Fsp3) is 0.150. The molecule has 0 radical (unpaired) electrons. The number of esters is 2. The molecule has 0 fully saturated rings. The second kappa shape index (κ2) is 9.34. The fourth-order valence-corrected chi connectivity index (χ4v) is 3.05. The summed E-state index contributed by atoms with van der Waals surface area (Å²) in [4.78, 5) is 25.3. The number of methoxy groups -OCH3 is 2. The highest BCUT2D eigenvalue weighted by Crippen LogP contribution is 2.36. The molecule has 0 saturated heterocycles. The molecule has 0 unspecified atom stereocenters. The maximum Gasteiger partial charge on any atom is 0.573 e. The van der Waals surface area contributed by atoms with Gasteiger partial charge in [0, 0.05) is 5.56 Å². The van der Waals surface area contributed by atoms with E-state index in [0.717, 1.165) is 37.1 Å². The second-order valence-electron chi connectivity index (χ2n) is 6.48. The summed E-state index contributed by atoms with van der Waals surface area (Å²) in [5, 5.41) is 23.2. The van der Waals surface area contributed by atoms with Crippen LogP contribution in [0.15, 0.2) is 48.5 Å². The Morgan fingerprint density at radius 3 is 2.18 bits per heavy atom. The number of rotatable bonds is 6. The van der Waals surface area contributed by atoms with Crippen LogP contribution in [-0.2, 0) is 9.47 Å². The lowest BCUT2D eigenvalue weighted by Crippen LogP contribution is -2.30. The molecule has 172 valence electrons. The van der Waals surface area contributed by atoms with E-state index >= 15 is 0 Å². The molecule has 2 aromatic carbocycles. The molecule has 0 aliphatic heterocycles. The molecule has 1 heterocycles. The number of ether oxygens (including phenoxy) is 3. The van der Waals surface area contributed by atoms with Crippen molar-refractivity contribution in [2.45, 2.75) is 6.36 Å². The van der Waals surface area contributed by atoms with Gasteiger partial charge >= 0.3 is 25.4 Å². The van der Waals surface area contributed by atoms with Gasteiger partial charge in [-0.3, -0.25) is 0 Å². The lowest BCUT2D eigenvalue weighted by molar-refractivity contribution is -0.274. The van der Waals surface area contributed by atoms with Crippen molar-refractivity contribution in [3.63, 3.8) is 0 Å². The zero-order chi connectivity index (χ0) is 24.3. The van der Waals surface area contributed by atoms with Crippen LogP contribution in [0.5, 0.6) is 5.75 Å². The van der Waals surface area contributed by atoms with E-state index in [9.17, 15) is 32.8 Å². The summed E-state index contributed by atoms with van der Waals surface area (Å²) in [7, 11) is 0.00182. The van der Waals surface area contributed by atoms with Crippen LogP contribution in [0.3, 0.4) is 0 Å². The number of hydrogen-bond donors (Lipinski definition) is 2. The Bertz CT molecular complexity index is 1180. The number of aromatic nitrogens is 2. The number of para-hydroxylation sites is 1. The van der Waals surface area contributed by atoms with Crippen molar-refractivity contribution in [3.05, 3.63) is 59.8 Å². The monoisotopic (exact) mass is 464 g/mol. The molecule has 0 atom stereocenters. The van der Waals surface area contributed by atoms with E-state index in [-0.39, 0.29) is 11.2 Å². The van der Waals surface area contributed by atoms with Crippen molar-refractivity contribution in [2.75, 3.05) is 14.2 Å². The van der Waals surface area contributed by atoms with Gasteiger partial charge in [-0.1, -0.05) is 24.3 Å². The highest BCUT2D eigenvalue weighted by atomic mass is 19.4. The molecule has 9 nitrogen and oxygen atoms in total. The van der Waals surface area contributed by atoms with E-state index in [0.29, 0.717) is 0 Å². The van der Waals surface area contributed by atoms with Gasteiger partial charge in [0.25, 0.3) is 0 Å². The third-order valence-corrected chi connectivity index (χ3v) is 4.44. The number of halogens is 3. The van der Waals surface area contributed by atoms with E-state index in [1.807, 2.05) is 0 Å². The summed E-state index contributed by atoms with van der Waals surface area (Å²) in [5.74, 6) is -2.92. The highest BCUT2D eigenvalue weighted by molar-refractivity contribution is 6.58. The van der Waals surface area contributed by atoms with E-state index in [2.05, 4.69) is 9.84 Å². The maximum absolute atomic E-state index is 13.0. The third kappa shape index (κ3) is 4.99. The lowest BCUT2D eigenvalue weighted by atomic mass is 9.79. The summed E-state index contributed by atoms with van der Waals surface area (Å²) in [6.07, 6.45) is -5.12. The molecule has 0 aliphatic rings. The number of hydrogen-bond acceptors (Lipinski definition) is 8. The first kappa shape index (κ1) is 23.8. The number of alkyl halides is 3. The molecule has 0 spiro atoms. The molecule has 13 heteroatoms. The van der Waals surface area contributed by atoms with Crippen molar-refractivity contribution in [2.24, 2.45) is 0 Å². The number of carbonyl (C=O) groups excluding carboxylic acids is 2. The van der Waals surface area contributed by atoms with Crippen molar-refractivity contribution in [1.82, 2.24) is 9.78 Å². The van der Waals surface area contributed by atoms with Crippen molar-refractivity contribution < 1.29 is 47.0 Å². The van der Waals surface area contributed by atoms with Gasteiger partial charge in [-0.2, -0.15) is 5.10 Å². The minimum absolute atomic E-state index is 0.218. The summed E-state index contributed by atoms with van der Waals surface area (Å²) in [6.45, 7) is 0. The minimum Gasteiger partial charge on any atom is -0.465 e. The standard InChI is InChI=1S/C20H16BF3N2O7/c1-31-18(27)15-16(13-10-11(21(29)30)8-9-14(13)33-20(22,23)24)25-26(17(15)19(28)32-2)12-6-4-3-5-7-12/h3-10,29-30H,1-2H3. The van der Waals surface area contributed by atoms with E-state index in [1.54, 1.807) is 18.2 Å². The van der Waals surface area contributed by atoms with Crippen LogP contribution in [0.4, 0.5) is 13.2 Å². The summed E-state index contributed by atoms with van der Waals surface area (Å²) < 4.78 is 53.7. The zero-order valence-corrected chi connectivity index (χ0v) is 17.2. The Labute approximate surface area is 185 Å². The summed E-state index contributed by atoms with van der Waals surface area (Å²) in [6, 6.07) is 10.7. The molecular formula is C20H16BF3N2O7.